The largest absolute Gasteiger partial charge is 0.479 e. The summed E-state index contributed by atoms with van der Waals surface area (Å²) < 4.78 is 37.8. The fraction of sp³-hybridized carbons (Fsp3) is 0.833. The maximum atomic E-state index is 12.6. The monoisotopic (exact) mass is 283 g/mol. The molecule has 0 aliphatic heterocycles. The van der Waals surface area contributed by atoms with Crippen LogP contribution in [0.25, 0.3) is 0 Å². The molecule has 19 heavy (non-hydrogen) atoms. The van der Waals surface area contributed by atoms with Crippen molar-refractivity contribution >= 4 is 11.9 Å². The molecular formula is C12H20F3NO3. The molecule has 0 spiro atoms. The standard InChI is InChI=1S/C12H20F3NO3/c1-3-4-5-6-7-8-9(17)16-11(2,10(18)19)12(13,14)15/h3-8H2,1-2H3,(H,16,17)(H,18,19). The van der Waals surface area contributed by atoms with Gasteiger partial charge in [0.25, 0.3) is 0 Å². The van der Waals surface area contributed by atoms with Crippen LogP contribution in [0.1, 0.15) is 52.4 Å². The van der Waals surface area contributed by atoms with Gasteiger partial charge in [0.15, 0.2) is 0 Å². The normalized spacial score (nSPS) is 14.8. The lowest BCUT2D eigenvalue weighted by Gasteiger charge is -2.28. The minimum absolute atomic E-state index is 0.0946. The molecule has 0 aromatic heterocycles. The van der Waals surface area contributed by atoms with E-state index in [4.69, 9.17) is 5.11 Å². The number of halogens is 3. The Balaban J connectivity index is 4.32. The first-order chi connectivity index (χ1) is 8.65. The van der Waals surface area contributed by atoms with E-state index in [2.05, 4.69) is 0 Å². The molecule has 1 amide bonds. The van der Waals surface area contributed by atoms with Gasteiger partial charge >= 0.3 is 12.1 Å². The van der Waals surface area contributed by atoms with Gasteiger partial charge < -0.3 is 10.4 Å². The van der Waals surface area contributed by atoms with E-state index >= 15 is 0 Å². The van der Waals surface area contributed by atoms with Crippen molar-refractivity contribution in [3.8, 4) is 0 Å². The van der Waals surface area contributed by atoms with Gasteiger partial charge in [0.1, 0.15) is 0 Å². The minimum atomic E-state index is -5.03. The van der Waals surface area contributed by atoms with Gasteiger partial charge in [-0.2, -0.15) is 13.2 Å². The molecule has 0 saturated carbocycles. The molecule has 0 saturated heterocycles. The molecule has 2 N–H and O–H groups in total. The van der Waals surface area contributed by atoms with E-state index in [0.29, 0.717) is 13.3 Å². The van der Waals surface area contributed by atoms with E-state index in [0.717, 1.165) is 25.7 Å². The summed E-state index contributed by atoms with van der Waals surface area (Å²) >= 11 is 0. The van der Waals surface area contributed by atoms with Gasteiger partial charge in [-0.1, -0.05) is 32.6 Å². The van der Waals surface area contributed by atoms with Gasteiger partial charge in [0.2, 0.25) is 11.4 Å². The fourth-order valence-electron chi connectivity index (χ4n) is 1.48. The molecule has 0 aliphatic rings. The maximum Gasteiger partial charge on any atom is 0.422 e. The molecule has 0 fully saturated rings. The van der Waals surface area contributed by atoms with E-state index in [1.54, 1.807) is 5.32 Å². The first-order valence-electron chi connectivity index (χ1n) is 6.26. The summed E-state index contributed by atoms with van der Waals surface area (Å²) in [4.78, 5) is 22.1. The van der Waals surface area contributed by atoms with Crippen molar-refractivity contribution in [2.45, 2.75) is 64.1 Å². The summed E-state index contributed by atoms with van der Waals surface area (Å²) in [5, 5.41) is 10.2. The number of hydrogen-bond acceptors (Lipinski definition) is 2. The highest BCUT2D eigenvalue weighted by Gasteiger charge is 2.58. The Labute approximate surface area is 110 Å². The third-order valence-corrected chi connectivity index (χ3v) is 2.89. The Bertz CT molecular complexity index is 318. The third-order valence-electron chi connectivity index (χ3n) is 2.89. The summed E-state index contributed by atoms with van der Waals surface area (Å²) in [6, 6.07) is 0. The molecular weight excluding hydrogens is 263 g/mol. The van der Waals surface area contributed by atoms with Crippen LogP contribution < -0.4 is 5.32 Å². The Hall–Kier alpha value is -1.27. The molecule has 0 rings (SSSR count). The predicted molar refractivity (Wildman–Crippen MR) is 63.6 cm³/mol. The summed E-state index contributed by atoms with van der Waals surface area (Å²) in [5.41, 5.74) is -3.23. The van der Waals surface area contributed by atoms with Crippen LogP contribution >= 0.6 is 0 Å². The SMILES string of the molecule is CCCCCCCC(=O)NC(C)(C(=O)O)C(F)(F)F. The number of nitrogens with one attached hydrogen (secondary N) is 1. The summed E-state index contributed by atoms with van der Waals surface area (Å²) in [6.45, 7) is 2.47. The summed E-state index contributed by atoms with van der Waals surface area (Å²) in [6.07, 6.45) is -0.969. The zero-order valence-corrected chi connectivity index (χ0v) is 11.1. The minimum Gasteiger partial charge on any atom is -0.479 e. The van der Waals surface area contributed by atoms with Crippen molar-refractivity contribution in [3.05, 3.63) is 0 Å². The number of hydrogen-bond donors (Lipinski definition) is 2. The van der Waals surface area contributed by atoms with Crippen molar-refractivity contribution in [1.29, 1.82) is 0 Å². The quantitative estimate of drug-likeness (QED) is 0.673. The lowest BCUT2D eigenvalue weighted by molar-refractivity contribution is -0.207. The van der Waals surface area contributed by atoms with E-state index in [9.17, 15) is 22.8 Å². The number of unbranched alkanes of at least 4 members (excludes halogenated alkanes) is 4. The molecule has 0 aromatic rings. The fourth-order valence-corrected chi connectivity index (χ4v) is 1.48. The van der Waals surface area contributed by atoms with Crippen LogP contribution in [0, 0.1) is 0 Å². The Morgan fingerprint density at radius 1 is 1.11 bits per heavy atom. The number of carboxylic acids is 1. The van der Waals surface area contributed by atoms with Gasteiger partial charge in [0.05, 0.1) is 0 Å². The second kappa shape index (κ2) is 7.35. The van der Waals surface area contributed by atoms with Crippen molar-refractivity contribution in [2.75, 3.05) is 0 Å². The second-order valence-corrected chi connectivity index (χ2v) is 4.64. The summed E-state index contributed by atoms with van der Waals surface area (Å²) in [5.74, 6) is -3.00. The van der Waals surface area contributed by atoms with E-state index in [1.165, 1.54) is 0 Å². The van der Waals surface area contributed by atoms with Gasteiger partial charge in [-0.05, 0) is 13.3 Å². The Morgan fingerprint density at radius 2 is 1.63 bits per heavy atom. The number of amides is 1. The number of alkyl halides is 3. The van der Waals surface area contributed by atoms with Crippen molar-refractivity contribution in [3.63, 3.8) is 0 Å². The Morgan fingerprint density at radius 3 is 2.05 bits per heavy atom. The lowest BCUT2D eigenvalue weighted by atomic mass is 10.0. The molecule has 1 unspecified atom stereocenters. The number of carbonyl (C=O) groups is 2. The number of aliphatic carboxylic acids is 1. The van der Waals surface area contributed by atoms with Crippen molar-refractivity contribution in [2.24, 2.45) is 0 Å². The number of carboxylic acid groups (broad SMARTS) is 1. The van der Waals surface area contributed by atoms with Gasteiger partial charge in [-0.15, -0.1) is 0 Å². The number of carbonyl (C=O) groups excluding carboxylic acids is 1. The van der Waals surface area contributed by atoms with Crippen molar-refractivity contribution < 1.29 is 27.9 Å². The molecule has 0 radical (unpaired) electrons. The van der Waals surface area contributed by atoms with Crippen LogP contribution in [0.15, 0.2) is 0 Å². The second-order valence-electron chi connectivity index (χ2n) is 4.64. The molecule has 0 aliphatic carbocycles. The van der Waals surface area contributed by atoms with E-state index in [-0.39, 0.29) is 6.42 Å². The lowest BCUT2D eigenvalue weighted by Crippen LogP contribution is -2.61. The van der Waals surface area contributed by atoms with Gasteiger partial charge in [-0.25, -0.2) is 4.79 Å². The molecule has 0 heterocycles. The van der Waals surface area contributed by atoms with Crippen LogP contribution in [0.5, 0.6) is 0 Å². The predicted octanol–water partition coefficient (Wildman–Crippen LogP) is 2.87. The smallest absolute Gasteiger partial charge is 0.422 e. The van der Waals surface area contributed by atoms with E-state index in [1.807, 2.05) is 6.92 Å². The molecule has 0 bridgehead atoms. The molecule has 112 valence electrons. The van der Waals surface area contributed by atoms with Crippen LogP contribution in [-0.4, -0.2) is 28.7 Å². The molecule has 0 aromatic carbocycles. The average molecular weight is 283 g/mol. The highest BCUT2D eigenvalue weighted by atomic mass is 19.4. The first kappa shape index (κ1) is 17.7. The Kier molecular flexibility index (Phi) is 6.86. The summed E-state index contributed by atoms with van der Waals surface area (Å²) in [7, 11) is 0. The topological polar surface area (TPSA) is 66.4 Å². The third kappa shape index (κ3) is 5.48. The number of rotatable bonds is 8. The molecule has 7 heteroatoms. The zero-order chi connectivity index (χ0) is 15.1. The maximum absolute atomic E-state index is 12.6. The molecule has 4 nitrogen and oxygen atoms in total. The zero-order valence-electron chi connectivity index (χ0n) is 11.1. The molecule has 1 atom stereocenters. The average Bonchev–Trinajstić information content (AvgIpc) is 2.26. The van der Waals surface area contributed by atoms with Crippen LogP contribution in [-0.2, 0) is 9.59 Å². The van der Waals surface area contributed by atoms with E-state index < -0.39 is 23.6 Å². The highest BCUT2D eigenvalue weighted by Crippen LogP contribution is 2.30. The first-order valence-corrected chi connectivity index (χ1v) is 6.26. The van der Waals surface area contributed by atoms with Gasteiger partial charge in [0, 0.05) is 6.42 Å². The van der Waals surface area contributed by atoms with Crippen LogP contribution in [0.4, 0.5) is 13.2 Å². The van der Waals surface area contributed by atoms with Gasteiger partial charge in [-0.3, -0.25) is 4.79 Å². The van der Waals surface area contributed by atoms with Crippen molar-refractivity contribution in [1.82, 2.24) is 5.32 Å². The highest BCUT2D eigenvalue weighted by molar-refractivity contribution is 5.87. The van der Waals surface area contributed by atoms with Crippen LogP contribution in [0.3, 0.4) is 0 Å². The van der Waals surface area contributed by atoms with Crippen LogP contribution in [0.2, 0.25) is 0 Å².